The summed E-state index contributed by atoms with van der Waals surface area (Å²) in [6, 6.07) is 5.94. The molecule has 0 aliphatic carbocycles. The Labute approximate surface area is 123 Å². The lowest BCUT2D eigenvalue weighted by Gasteiger charge is -2.26. The van der Waals surface area contributed by atoms with E-state index in [0.29, 0.717) is 16.6 Å². The van der Waals surface area contributed by atoms with Crippen LogP contribution in [0.25, 0.3) is 0 Å². The molecule has 2 heterocycles. The number of nitrogens with zero attached hydrogens (tertiary/aromatic N) is 2. The van der Waals surface area contributed by atoms with E-state index in [0.717, 1.165) is 27.8 Å². The molecule has 4 nitrogen and oxygen atoms in total. The molecule has 0 saturated heterocycles. The quantitative estimate of drug-likeness (QED) is 0.870. The van der Waals surface area contributed by atoms with E-state index in [1.165, 1.54) is 11.3 Å². The van der Waals surface area contributed by atoms with Crippen molar-refractivity contribution in [3.8, 4) is 0 Å². The van der Waals surface area contributed by atoms with Crippen molar-refractivity contribution < 1.29 is 4.79 Å². The minimum absolute atomic E-state index is 0.00815. The lowest BCUT2D eigenvalue weighted by Crippen LogP contribution is -2.36. The number of nitrogens with two attached hydrogens (primary N) is 1. The van der Waals surface area contributed by atoms with Crippen molar-refractivity contribution in [1.82, 2.24) is 4.98 Å². The smallest absolute Gasteiger partial charge is 0.270 e. The van der Waals surface area contributed by atoms with Gasteiger partial charge in [-0.05, 0) is 24.6 Å². The maximum Gasteiger partial charge on any atom is 0.270 e. The molecule has 0 bridgehead atoms. The lowest BCUT2D eigenvalue weighted by molar-refractivity contribution is 0.0984. The molecule has 19 heavy (non-hydrogen) atoms. The number of halogens is 1. The van der Waals surface area contributed by atoms with Crippen LogP contribution in [0.2, 0.25) is 0 Å². The van der Waals surface area contributed by atoms with Crippen LogP contribution >= 0.6 is 27.3 Å². The van der Waals surface area contributed by atoms with E-state index in [9.17, 15) is 4.79 Å². The molecule has 1 amide bonds. The van der Waals surface area contributed by atoms with Crippen LogP contribution in [0.1, 0.15) is 20.9 Å². The summed E-state index contributed by atoms with van der Waals surface area (Å²) >= 11 is 4.77. The molecule has 2 aromatic rings. The van der Waals surface area contributed by atoms with Crippen LogP contribution in [-0.2, 0) is 6.42 Å². The zero-order chi connectivity index (χ0) is 13.6. The second-order valence-corrected chi connectivity index (χ2v) is 6.35. The largest absolute Gasteiger partial charge is 0.375 e. The van der Waals surface area contributed by atoms with Gasteiger partial charge in [0.05, 0.1) is 5.69 Å². The van der Waals surface area contributed by atoms with Crippen molar-refractivity contribution in [2.45, 2.75) is 13.3 Å². The molecule has 98 valence electrons. The normalized spacial score (nSPS) is 14.6. The Morgan fingerprint density at radius 1 is 1.47 bits per heavy atom. The number of carbonyl (C=O) groups excluding carboxylic acids is 1. The molecular formula is C13H12BrN3OS. The Morgan fingerprint density at radius 3 is 3.00 bits per heavy atom. The Hall–Kier alpha value is -1.40. The van der Waals surface area contributed by atoms with Crippen molar-refractivity contribution in [1.29, 1.82) is 0 Å². The Balaban J connectivity index is 1.99. The maximum atomic E-state index is 12.5. The van der Waals surface area contributed by atoms with Gasteiger partial charge in [0, 0.05) is 23.1 Å². The predicted molar refractivity (Wildman–Crippen MR) is 80.8 cm³/mol. The first-order valence-electron chi connectivity index (χ1n) is 5.89. The molecule has 0 radical (unpaired) electrons. The highest BCUT2D eigenvalue weighted by atomic mass is 79.9. The number of nitrogen functional groups attached to an aromatic ring is 1. The molecule has 0 atom stereocenters. The lowest BCUT2D eigenvalue weighted by atomic mass is 10.1. The summed E-state index contributed by atoms with van der Waals surface area (Å²) in [6.07, 6.45) is 0.750. The SMILES string of the molecule is Cc1ccc(N2CCc3nc(N)sc3C2=O)cc1Br. The zero-order valence-corrected chi connectivity index (χ0v) is 12.7. The monoisotopic (exact) mass is 337 g/mol. The minimum Gasteiger partial charge on any atom is -0.375 e. The highest BCUT2D eigenvalue weighted by molar-refractivity contribution is 9.10. The minimum atomic E-state index is -0.00815. The van der Waals surface area contributed by atoms with Crippen LogP contribution in [0.15, 0.2) is 22.7 Å². The molecule has 2 N–H and O–H groups in total. The van der Waals surface area contributed by atoms with Crippen LogP contribution in [0.4, 0.5) is 10.8 Å². The first-order valence-corrected chi connectivity index (χ1v) is 7.50. The number of hydrogen-bond donors (Lipinski definition) is 1. The zero-order valence-electron chi connectivity index (χ0n) is 10.3. The van der Waals surface area contributed by atoms with Gasteiger partial charge in [0.15, 0.2) is 5.13 Å². The van der Waals surface area contributed by atoms with E-state index < -0.39 is 0 Å². The number of aryl methyl sites for hydroxylation is 1. The van der Waals surface area contributed by atoms with Gasteiger partial charge in [0.1, 0.15) is 4.88 Å². The van der Waals surface area contributed by atoms with Crippen molar-refractivity contribution in [2.75, 3.05) is 17.2 Å². The Kier molecular flexibility index (Phi) is 3.06. The average molecular weight is 338 g/mol. The summed E-state index contributed by atoms with van der Waals surface area (Å²) in [5.74, 6) is -0.00815. The molecule has 0 unspecified atom stereocenters. The van der Waals surface area contributed by atoms with Crippen LogP contribution in [-0.4, -0.2) is 17.4 Å². The first kappa shape index (κ1) is 12.6. The van der Waals surface area contributed by atoms with Gasteiger partial charge in [0.2, 0.25) is 0 Å². The molecule has 0 fully saturated rings. The van der Waals surface area contributed by atoms with Gasteiger partial charge in [-0.1, -0.05) is 33.3 Å². The summed E-state index contributed by atoms with van der Waals surface area (Å²) in [5, 5.41) is 0.463. The van der Waals surface area contributed by atoms with Gasteiger partial charge in [-0.2, -0.15) is 0 Å². The van der Waals surface area contributed by atoms with E-state index in [2.05, 4.69) is 20.9 Å². The summed E-state index contributed by atoms with van der Waals surface area (Å²) in [5.41, 5.74) is 8.56. The van der Waals surface area contributed by atoms with Gasteiger partial charge in [-0.3, -0.25) is 4.79 Å². The fraction of sp³-hybridized carbons (Fsp3) is 0.231. The summed E-state index contributed by atoms with van der Waals surface area (Å²) in [7, 11) is 0. The Bertz CT molecular complexity index is 668. The molecular weight excluding hydrogens is 326 g/mol. The molecule has 1 aromatic carbocycles. The van der Waals surface area contributed by atoms with Gasteiger partial charge in [-0.25, -0.2) is 4.98 Å². The summed E-state index contributed by atoms with van der Waals surface area (Å²) in [6.45, 7) is 2.67. The number of fused-ring (bicyclic) bond motifs is 1. The van der Waals surface area contributed by atoms with Crippen LogP contribution in [0.5, 0.6) is 0 Å². The van der Waals surface area contributed by atoms with Crippen molar-refractivity contribution in [3.63, 3.8) is 0 Å². The highest BCUT2D eigenvalue weighted by Crippen LogP contribution is 2.31. The molecule has 6 heteroatoms. The van der Waals surface area contributed by atoms with Crippen molar-refractivity contribution in [2.24, 2.45) is 0 Å². The molecule has 0 spiro atoms. The predicted octanol–water partition coefficient (Wildman–Crippen LogP) is 3.00. The van der Waals surface area contributed by atoms with E-state index >= 15 is 0 Å². The maximum absolute atomic E-state index is 12.5. The number of rotatable bonds is 1. The van der Waals surface area contributed by atoms with Crippen molar-refractivity contribution in [3.05, 3.63) is 38.8 Å². The number of benzene rings is 1. The van der Waals surface area contributed by atoms with Crippen LogP contribution in [0.3, 0.4) is 0 Å². The molecule has 3 rings (SSSR count). The topological polar surface area (TPSA) is 59.2 Å². The number of amides is 1. The first-order chi connectivity index (χ1) is 9.06. The number of hydrogen-bond acceptors (Lipinski definition) is 4. The van der Waals surface area contributed by atoms with Gasteiger partial charge >= 0.3 is 0 Å². The van der Waals surface area contributed by atoms with Crippen LogP contribution in [0, 0.1) is 6.92 Å². The van der Waals surface area contributed by atoms with E-state index in [-0.39, 0.29) is 5.91 Å². The van der Waals surface area contributed by atoms with Gasteiger partial charge in [0.25, 0.3) is 5.91 Å². The van der Waals surface area contributed by atoms with E-state index in [1.54, 1.807) is 4.90 Å². The number of carbonyl (C=O) groups is 1. The number of aromatic nitrogens is 1. The second-order valence-electron chi connectivity index (χ2n) is 4.47. The van der Waals surface area contributed by atoms with Crippen molar-refractivity contribution >= 4 is 44.0 Å². The van der Waals surface area contributed by atoms with E-state index in [1.807, 2.05) is 25.1 Å². The molecule has 0 saturated carbocycles. The standard InChI is InChI=1S/C13H12BrN3OS/c1-7-2-3-8(6-9(7)14)17-5-4-10-11(12(17)18)19-13(15)16-10/h2-3,6H,4-5H2,1H3,(H2,15,16). The summed E-state index contributed by atoms with van der Waals surface area (Å²) in [4.78, 5) is 19.1. The molecule has 1 aliphatic heterocycles. The third kappa shape index (κ3) is 2.15. The number of thiazole rings is 1. The third-order valence-electron chi connectivity index (χ3n) is 3.19. The van der Waals surface area contributed by atoms with Gasteiger partial charge < -0.3 is 10.6 Å². The third-order valence-corrected chi connectivity index (χ3v) is 4.96. The molecule has 1 aromatic heterocycles. The fourth-order valence-corrected chi connectivity index (χ4v) is 3.34. The Morgan fingerprint density at radius 2 is 2.26 bits per heavy atom. The number of anilines is 2. The highest BCUT2D eigenvalue weighted by Gasteiger charge is 2.29. The van der Waals surface area contributed by atoms with E-state index in [4.69, 9.17) is 5.73 Å². The van der Waals surface area contributed by atoms with Crippen LogP contribution < -0.4 is 10.6 Å². The molecule has 1 aliphatic rings. The fourth-order valence-electron chi connectivity index (χ4n) is 2.14. The summed E-state index contributed by atoms with van der Waals surface area (Å²) < 4.78 is 1.01. The average Bonchev–Trinajstić information content (AvgIpc) is 2.75. The van der Waals surface area contributed by atoms with Gasteiger partial charge in [-0.15, -0.1) is 0 Å². The second kappa shape index (κ2) is 4.61.